The van der Waals surface area contributed by atoms with Crippen molar-refractivity contribution in [3.05, 3.63) is 35.4 Å². The molecule has 1 aromatic rings. The molecule has 21 heavy (non-hydrogen) atoms. The molecule has 5 heteroatoms. The van der Waals surface area contributed by atoms with Gasteiger partial charge in [0.1, 0.15) is 0 Å². The van der Waals surface area contributed by atoms with Gasteiger partial charge in [0.05, 0.1) is 6.61 Å². The van der Waals surface area contributed by atoms with Gasteiger partial charge in [-0.1, -0.05) is 29.8 Å². The largest absolute Gasteiger partial charge is 0.480 e. The Labute approximate surface area is 124 Å². The Bertz CT molecular complexity index is 480. The molecule has 1 unspecified atom stereocenters. The van der Waals surface area contributed by atoms with Crippen LogP contribution >= 0.6 is 0 Å². The highest BCUT2D eigenvalue weighted by Crippen LogP contribution is 2.32. The summed E-state index contributed by atoms with van der Waals surface area (Å²) >= 11 is 0. The number of aliphatic hydroxyl groups is 1. The molecule has 116 valence electrons. The van der Waals surface area contributed by atoms with Crippen molar-refractivity contribution < 1.29 is 24.5 Å². The molecule has 0 aliphatic rings. The standard InChI is InChI=1S/C16H22O5/c1-3-21-15(20)16(14(18)19,10-4-5-11-17)13-8-6-12(2)7-9-13/h6-9,17H,3-5,10-11H2,1-2H3,(H,18,19). The number of aryl methyl sites for hydroxylation is 1. The lowest BCUT2D eigenvalue weighted by Gasteiger charge is -2.27. The summed E-state index contributed by atoms with van der Waals surface area (Å²) in [5.41, 5.74) is -0.312. The van der Waals surface area contributed by atoms with Crippen LogP contribution in [0.25, 0.3) is 0 Å². The van der Waals surface area contributed by atoms with E-state index in [1.807, 2.05) is 6.92 Å². The number of unbranched alkanes of at least 4 members (excludes halogenated alkanes) is 1. The maximum absolute atomic E-state index is 12.3. The lowest BCUT2D eigenvalue weighted by atomic mass is 9.76. The summed E-state index contributed by atoms with van der Waals surface area (Å²) in [5.74, 6) is -1.97. The van der Waals surface area contributed by atoms with Crippen molar-refractivity contribution >= 4 is 11.9 Å². The number of aliphatic carboxylic acids is 1. The average molecular weight is 294 g/mol. The Morgan fingerprint density at radius 1 is 1.19 bits per heavy atom. The van der Waals surface area contributed by atoms with Crippen LogP contribution in [-0.4, -0.2) is 35.4 Å². The fourth-order valence-corrected chi connectivity index (χ4v) is 2.28. The Hall–Kier alpha value is -1.88. The van der Waals surface area contributed by atoms with Crippen LogP contribution in [-0.2, 0) is 19.7 Å². The summed E-state index contributed by atoms with van der Waals surface area (Å²) < 4.78 is 5.00. The maximum atomic E-state index is 12.3. The van der Waals surface area contributed by atoms with Crippen molar-refractivity contribution in [1.29, 1.82) is 0 Å². The number of rotatable bonds is 8. The molecule has 1 atom stereocenters. The van der Waals surface area contributed by atoms with E-state index in [1.54, 1.807) is 31.2 Å². The van der Waals surface area contributed by atoms with Crippen LogP contribution in [0.2, 0.25) is 0 Å². The Kier molecular flexibility index (Phi) is 6.37. The molecule has 2 N–H and O–H groups in total. The van der Waals surface area contributed by atoms with E-state index in [0.29, 0.717) is 18.4 Å². The van der Waals surface area contributed by atoms with Crippen molar-refractivity contribution in [1.82, 2.24) is 0 Å². The molecule has 0 amide bonds. The van der Waals surface area contributed by atoms with E-state index in [2.05, 4.69) is 0 Å². The van der Waals surface area contributed by atoms with Gasteiger partial charge in [0.2, 0.25) is 0 Å². The van der Waals surface area contributed by atoms with Crippen LogP contribution in [0.3, 0.4) is 0 Å². The van der Waals surface area contributed by atoms with Crippen LogP contribution in [0.4, 0.5) is 0 Å². The van der Waals surface area contributed by atoms with E-state index in [4.69, 9.17) is 9.84 Å². The molecule has 5 nitrogen and oxygen atoms in total. The minimum absolute atomic E-state index is 0.0353. The first-order chi connectivity index (χ1) is 9.98. The molecule has 0 saturated heterocycles. The van der Waals surface area contributed by atoms with E-state index in [1.165, 1.54) is 0 Å². The van der Waals surface area contributed by atoms with Crippen LogP contribution in [0.5, 0.6) is 0 Å². The highest BCUT2D eigenvalue weighted by molar-refractivity contribution is 6.05. The topological polar surface area (TPSA) is 83.8 Å². The number of hydrogen-bond acceptors (Lipinski definition) is 4. The van der Waals surface area contributed by atoms with E-state index >= 15 is 0 Å². The van der Waals surface area contributed by atoms with Crippen LogP contribution in [0.15, 0.2) is 24.3 Å². The zero-order valence-corrected chi connectivity index (χ0v) is 12.5. The van der Waals surface area contributed by atoms with Gasteiger partial charge >= 0.3 is 11.9 Å². The summed E-state index contributed by atoms with van der Waals surface area (Å²) in [6, 6.07) is 6.86. The molecular weight excluding hydrogens is 272 g/mol. The molecule has 0 radical (unpaired) electrons. The van der Waals surface area contributed by atoms with Crippen molar-refractivity contribution in [2.45, 2.75) is 38.5 Å². The summed E-state index contributed by atoms with van der Waals surface area (Å²) in [5, 5.41) is 18.6. The van der Waals surface area contributed by atoms with Crippen LogP contribution < -0.4 is 0 Å². The van der Waals surface area contributed by atoms with Crippen molar-refractivity contribution in [3.8, 4) is 0 Å². The van der Waals surface area contributed by atoms with Crippen LogP contribution in [0.1, 0.15) is 37.3 Å². The third kappa shape index (κ3) is 3.82. The van der Waals surface area contributed by atoms with Gasteiger partial charge in [0.25, 0.3) is 0 Å². The summed E-state index contributed by atoms with van der Waals surface area (Å²) in [7, 11) is 0. The van der Waals surface area contributed by atoms with Crippen molar-refractivity contribution in [2.75, 3.05) is 13.2 Å². The molecular formula is C16H22O5. The zero-order valence-electron chi connectivity index (χ0n) is 12.5. The number of carbonyl (C=O) groups excluding carboxylic acids is 1. The number of carbonyl (C=O) groups is 2. The van der Waals surface area contributed by atoms with E-state index in [-0.39, 0.29) is 19.6 Å². The van der Waals surface area contributed by atoms with Crippen LogP contribution in [0, 0.1) is 6.92 Å². The van der Waals surface area contributed by atoms with Gasteiger partial charge in [0.15, 0.2) is 5.41 Å². The highest BCUT2D eigenvalue weighted by Gasteiger charge is 2.48. The second-order valence-electron chi connectivity index (χ2n) is 4.98. The van der Waals surface area contributed by atoms with Gasteiger partial charge in [0, 0.05) is 6.61 Å². The normalized spacial score (nSPS) is 13.5. The summed E-state index contributed by atoms with van der Waals surface area (Å²) in [6.07, 6.45) is 0.973. The summed E-state index contributed by atoms with van der Waals surface area (Å²) in [4.78, 5) is 24.2. The fraction of sp³-hybridized carbons (Fsp3) is 0.500. The molecule has 0 bridgehead atoms. The van der Waals surface area contributed by atoms with Gasteiger partial charge in [-0.05, 0) is 38.7 Å². The lowest BCUT2D eigenvalue weighted by molar-refractivity contribution is -0.162. The number of carboxylic acids is 1. The average Bonchev–Trinajstić information content (AvgIpc) is 2.45. The van der Waals surface area contributed by atoms with Gasteiger partial charge in [-0.15, -0.1) is 0 Å². The van der Waals surface area contributed by atoms with Gasteiger partial charge < -0.3 is 14.9 Å². The number of carboxylic acid groups (broad SMARTS) is 1. The smallest absolute Gasteiger partial charge is 0.328 e. The molecule has 0 heterocycles. The molecule has 1 rings (SSSR count). The predicted molar refractivity (Wildman–Crippen MR) is 78.1 cm³/mol. The first-order valence-corrected chi connectivity index (χ1v) is 7.07. The molecule has 0 fully saturated rings. The molecule has 0 saturated carbocycles. The van der Waals surface area contributed by atoms with Gasteiger partial charge in [-0.3, -0.25) is 9.59 Å². The second kappa shape index (κ2) is 7.78. The molecule has 1 aromatic carbocycles. The van der Waals surface area contributed by atoms with Crippen molar-refractivity contribution in [3.63, 3.8) is 0 Å². The maximum Gasteiger partial charge on any atom is 0.328 e. The molecule has 0 aromatic heterocycles. The van der Waals surface area contributed by atoms with Gasteiger partial charge in [-0.2, -0.15) is 0 Å². The second-order valence-corrected chi connectivity index (χ2v) is 4.98. The predicted octanol–water partition coefficient (Wildman–Crippen LogP) is 2.04. The third-order valence-corrected chi connectivity index (χ3v) is 3.49. The minimum atomic E-state index is -1.71. The molecule has 0 aliphatic heterocycles. The third-order valence-electron chi connectivity index (χ3n) is 3.49. The first-order valence-electron chi connectivity index (χ1n) is 7.07. The number of ether oxygens (including phenoxy) is 1. The summed E-state index contributed by atoms with van der Waals surface area (Å²) in [6.45, 7) is 3.63. The van der Waals surface area contributed by atoms with E-state index < -0.39 is 17.4 Å². The Morgan fingerprint density at radius 3 is 2.29 bits per heavy atom. The first kappa shape index (κ1) is 17.2. The van der Waals surface area contributed by atoms with Gasteiger partial charge in [-0.25, -0.2) is 0 Å². The van der Waals surface area contributed by atoms with E-state index in [0.717, 1.165) is 5.56 Å². The van der Waals surface area contributed by atoms with Crippen molar-refractivity contribution in [2.24, 2.45) is 0 Å². The monoisotopic (exact) mass is 294 g/mol. The number of benzene rings is 1. The minimum Gasteiger partial charge on any atom is -0.480 e. The zero-order chi connectivity index (χ0) is 15.9. The SMILES string of the molecule is CCOC(=O)C(CCCCO)(C(=O)O)c1ccc(C)cc1. The number of hydrogen-bond donors (Lipinski definition) is 2. The highest BCUT2D eigenvalue weighted by atomic mass is 16.5. The lowest BCUT2D eigenvalue weighted by Crippen LogP contribution is -2.45. The number of aliphatic hydroxyl groups excluding tert-OH is 1. The number of esters is 1. The Balaban J connectivity index is 3.25. The van der Waals surface area contributed by atoms with E-state index in [9.17, 15) is 14.7 Å². The Morgan fingerprint density at radius 2 is 1.81 bits per heavy atom. The molecule has 0 spiro atoms. The fourth-order valence-electron chi connectivity index (χ4n) is 2.28. The molecule has 0 aliphatic carbocycles. The quantitative estimate of drug-likeness (QED) is 0.435.